The molecule has 3 aromatic rings. The fourth-order valence-corrected chi connectivity index (χ4v) is 5.05. The summed E-state index contributed by atoms with van der Waals surface area (Å²) in [5.41, 5.74) is 2.41. The molecule has 9 nitrogen and oxygen atoms in total. The van der Waals surface area contributed by atoms with E-state index < -0.39 is 10.0 Å². The minimum atomic E-state index is -3.34. The summed E-state index contributed by atoms with van der Waals surface area (Å²) in [4.78, 5) is 7.44. The Morgan fingerprint density at radius 1 is 1.38 bits per heavy atom. The molecule has 1 fully saturated rings. The van der Waals surface area contributed by atoms with Crippen LogP contribution in [0.5, 0.6) is 0 Å². The third-order valence-electron chi connectivity index (χ3n) is 5.08. The van der Waals surface area contributed by atoms with Crippen molar-refractivity contribution in [3.63, 3.8) is 0 Å². The van der Waals surface area contributed by atoms with Crippen LogP contribution in [0, 0.1) is 5.92 Å². The maximum Gasteiger partial charge on any atom is 0.214 e. The number of rotatable bonds is 6. The summed E-state index contributed by atoms with van der Waals surface area (Å²) in [5, 5.41) is 8.65. The fraction of sp³-hybridized carbons (Fsp3) is 0.562. The molecule has 0 amide bonds. The molecule has 3 aromatic heterocycles. The number of aromatic nitrogens is 5. The van der Waals surface area contributed by atoms with Crippen molar-refractivity contribution in [3.05, 3.63) is 24.3 Å². The van der Waals surface area contributed by atoms with E-state index in [9.17, 15) is 8.42 Å². The van der Waals surface area contributed by atoms with Crippen LogP contribution < -0.4 is 4.72 Å². The number of methoxy groups -OCH3 is 1. The molecule has 0 spiro atoms. The first-order chi connectivity index (χ1) is 12.5. The average molecular weight is 378 g/mol. The molecule has 0 saturated heterocycles. The van der Waals surface area contributed by atoms with E-state index in [1.807, 2.05) is 16.7 Å². The highest BCUT2D eigenvalue weighted by Crippen LogP contribution is 2.39. The number of H-pyrrole nitrogens is 1. The standard InChI is InChI=1S/C16H22N6O3S/c1-10-7-11(21-26(23,24)6-5-25-2)8-12(10)16-20-19-14-9-18-15-13(22(14)16)3-4-17-15/h3-4,9-12,17,21H,5-8H2,1-2H3/t10-,11+,12+/m1/s1. The summed E-state index contributed by atoms with van der Waals surface area (Å²) in [6.45, 7) is 2.32. The van der Waals surface area contributed by atoms with E-state index in [0.29, 0.717) is 18.0 Å². The molecule has 0 bridgehead atoms. The highest BCUT2D eigenvalue weighted by Gasteiger charge is 2.37. The summed E-state index contributed by atoms with van der Waals surface area (Å²) < 4.78 is 34.0. The molecule has 0 aromatic carbocycles. The molecule has 3 heterocycles. The Bertz CT molecular complexity index is 1030. The molecule has 1 aliphatic carbocycles. The molecular weight excluding hydrogens is 356 g/mol. The van der Waals surface area contributed by atoms with Crippen LogP contribution in [0.3, 0.4) is 0 Å². The van der Waals surface area contributed by atoms with Crippen LogP contribution >= 0.6 is 0 Å². The van der Waals surface area contributed by atoms with E-state index in [0.717, 1.165) is 23.4 Å². The average Bonchev–Trinajstić information content (AvgIpc) is 3.29. The van der Waals surface area contributed by atoms with Gasteiger partial charge in [-0.25, -0.2) is 18.1 Å². The quantitative estimate of drug-likeness (QED) is 0.663. The predicted molar refractivity (Wildman–Crippen MR) is 96.4 cm³/mol. The smallest absolute Gasteiger partial charge is 0.214 e. The van der Waals surface area contributed by atoms with Gasteiger partial charge in [-0.2, -0.15) is 0 Å². The summed E-state index contributed by atoms with van der Waals surface area (Å²) in [7, 11) is -1.85. The van der Waals surface area contributed by atoms with Crippen LogP contribution in [-0.2, 0) is 14.8 Å². The third-order valence-corrected chi connectivity index (χ3v) is 6.48. The number of ether oxygens (including phenoxy) is 1. The van der Waals surface area contributed by atoms with Crippen LogP contribution in [0.1, 0.15) is 31.5 Å². The van der Waals surface area contributed by atoms with E-state index >= 15 is 0 Å². The van der Waals surface area contributed by atoms with E-state index in [4.69, 9.17) is 4.74 Å². The maximum absolute atomic E-state index is 12.2. The van der Waals surface area contributed by atoms with Crippen LogP contribution in [0.15, 0.2) is 18.5 Å². The number of sulfonamides is 1. The van der Waals surface area contributed by atoms with Gasteiger partial charge in [0.1, 0.15) is 5.82 Å². The van der Waals surface area contributed by atoms with Gasteiger partial charge >= 0.3 is 0 Å². The number of hydrogen-bond donors (Lipinski definition) is 2. The molecular formula is C16H22N6O3S. The van der Waals surface area contributed by atoms with Crippen molar-refractivity contribution in [2.45, 2.75) is 31.7 Å². The minimum Gasteiger partial charge on any atom is -0.384 e. The van der Waals surface area contributed by atoms with Gasteiger partial charge in [0.25, 0.3) is 0 Å². The molecule has 0 unspecified atom stereocenters. The van der Waals surface area contributed by atoms with Crippen molar-refractivity contribution >= 4 is 26.8 Å². The Morgan fingerprint density at radius 2 is 2.23 bits per heavy atom. The maximum atomic E-state index is 12.2. The first-order valence-corrected chi connectivity index (χ1v) is 10.3. The first-order valence-electron chi connectivity index (χ1n) is 8.64. The number of nitrogens with one attached hydrogen (secondary N) is 2. The summed E-state index contributed by atoms with van der Waals surface area (Å²) >= 11 is 0. The van der Waals surface area contributed by atoms with Crippen molar-refractivity contribution in [2.24, 2.45) is 5.92 Å². The zero-order chi connectivity index (χ0) is 18.3. The largest absolute Gasteiger partial charge is 0.384 e. The normalized spacial score (nSPS) is 24.0. The summed E-state index contributed by atoms with van der Waals surface area (Å²) in [6.07, 6.45) is 5.00. The van der Waals surface area contributed by atoms with Crippen LogP contribution in [-0.4, -0.2) is 58.5 Å². The molecule has 0 radical (unpaired) electrons. The van der Waals surface area contributed by atoms with Gasteiger partial charge < -0.3 is 9.72 Å². The van der Waals surface area contributed by atoms with Crippen molar-refractivity contribution in [2.75, 3.05) is 19.5 Å². The van der Waals surface area contributed by atoms with Gasteiger partial charge in [-0.3, -0.25) is 4.40 Å². The van der Waals surface area contributed by atoms with Crippen molar-refractivity contribution in [1.29, 1.82) is 0 Å². The van der Waals surface area contributed by atoms with Gasteiger partial charge in [0, 0.05) is 25.3 Å². The van der Waals surface area contributed by atoms with Gasteiger partial charge in [-0.05, 0) is 24.8 Å². The van der Waals surface area contributed by atoms with Gasteiger partial charge in [-0.15, -0.1) is 10.2 Å². The van der Waals surface area contributed by atoms with Crippen molar-refractivity contribution in [3.8, 4) is 0 Å². The topological polar surface area (TPSA) is 114 Å². The highest BCUT2D eigenvalue weighted by molar-refractivity contribution is 7.89. The van der Waals surface area contributed by atoms with Crippen molar-refractivity contribution < 1.29 is 13.2 Å². The third kappa shape index (κ3) is 3.08. The highest BCUT2D eigenvalue weighted by atomic mass is 32.2. The number of aromatic amines is 1. The first kappa shape index (κ1) is 17.4. The molecule has 0 aliphatic heterocycles. The van der Waals surface area contributed by atoms with Crippen molar-refractivity contribution in [1.82, 2.24) is 29.3 Å². The molecule has 2 N–H and O–H groups in total. The van der Waals surface area contributed by atoms with E-state index in [2.05, 4.69) is 31.8 Å². The molecule has 4 rings (SSSR count). The molecule has 140 valence electrons. The Kier molecular flexibility index (Phi) is 4.41. The lowest BCUT2D eigenvalue weighted by Gasteiger charge is -2.14. The van der Waals surface area contributed by atoms with Crippen LogP contribution in [0.2, 0.25) is 0 Å². The van der Waals surface area contributed by atoms with Gasteiger partial charge in [0.2, 0.25) is 10.0 Å². The Labute approximate surface area is 151 Å². The predicted octanol–water partition coefficient (Wildman–Crippen LogP) is 1.05. The van der Waals surface area contributed by atoms with Crippen LogP contribution in [0.25, 0.3) is 16.8 Å². The monoisotopic (exact) mass is 378 g/mol. The number of hydrogen-bond acceptors (Lipinski definition) is 6. The van der Waals surface area contributed by atoms with E-state index in [1.54, 1.807) is 6.20 Å². The van der Waals surface area contributed by atoms with Gasteiger partial charge in [-0.1, -0.05) is 6.92 Å². The Morgan fingerprint density at radius 3 is 3.04 bits per heavy atom. The SMILES string of the molecule is COCCS(=O)(=O)N[C@H]1C[C@@H](C)[C@@H](c2nnc3cnc4[nH]ccc4n23)C1. The number of fused-ring (bicyclic) bond motifs is 3. The lowest BCUT2D eigenvalue weighted by atomic mass is 9.97. The molecule has 1 saturated carbocycles. The second kappa shape index (κ2) is 6.60. The molecule has 26 heavy (non-hydrogen) atoms. The van der Waals surface area contributed by atoms with Gasteiger partial charge in [0.05, 0.1) is 24.1 Å². The lowest BCUT2D eigenvalue weighted by molar-refractivity contribution is 0.216. The molecule has 10 heteroatoms. The van der Waals surface area contributed by atoms with E-state index in [1.165, 1.54) is 7.11 Å². The summed E-state index contributed by atoms with van der Waals surface area (Å²) in [6, 6.07) is 1.85. The second-order valence-corrected chi connectivity index (χ2v) is 8.78. The van der Waals surface area contributed by atoms with Gasteiger partial charge in [0.15, 0.2) is 11.3 Å². The Balaban J connectivity index is 1.61. The van der Waals surface area contributed by atoms with E-state index in [-0.39, 0.29) is 24.3 Å². The Hall–Kier alpha value is -2.04. The minimum absolute atomic E-state index is 0.0252. The fourth-order valence-electron chi connectivity index (χ4n) is 3.85. The zero-order valence-electron chi connectivity index (χ0n) is 14.7. The zero-order valence-corrected chi connectivity index (χ0v) is 15.5. The molecule has 3 atom stereocenters. The van der Waals surface area contributed by atoms with Crippen LogP contribution in [0.4, 0.5) is 0 Å². The number of nitrogens with zero attached hydrogens (tertiary/aromatic N) is 4. The lowest BCUT2D eigenvalue weighted by Crippen LogP contribution is -2.35. The summed E-state index contributed by atoms with van der Waals surface area (Å²) in [5.74, 6) is 1.25. The second-order valence-electron chi connectivity index (χ2n) is 6.90. The molecule has 1 aliphatic rings.